The van der Waals surface area contributed by atoms with Crippen molar-refractivity contribution in [3.63, 3.8) is 0 Å². The van der Waals surface area contributed by atoms with Crippen LogP contribution in [-0.2, 0) is 29.6 Å². The molecule has 4 aromatic carbocycles. The summed E-state index contributed by atoms with van der Waals surface area (Å²) in [5.74, 6) is 1.35. The third kappa shape index (κ3) is 13.9. The fraction of sp³-hybridized carbons (Fsp3) is 0.400. The molecule has 0 aliphatic heterocycles. The molecule has 0 radical (unpaired) electrons. The van der Waals surface area contributed by atoms with Crippen molar-refractivity contribution in [2.75, 3.05) is 19.7 Å². The van der Waals surface area contributed by atoms with Gasteiger partial charge in [0.05, 0.1) is 22.0 Å². The number of hydrogen-bond acceptors (Lipinski definition) is 10. The molecule has 0 saturated heterocycles. The highest BCUT2D eigenvalue weighted by Crippen LogP contribution is 2.30. The molecule has 0 aromatic heterocycles. The number of nitrogens with one attached hydrogen (secondary N) is 2. The molecule has 4 aromatic rings. The molecule has 312 valence electrons. The van der Waals surface area contributed by atoms with Crippen LogP contribution in [-0.4, -0.2) is 63.4 Å². The van der Waals surface area contributed by atoms with Crippen molar-refractivity contribution in [1.29, 1.82) is 0 Å². The van der Waals surface area contributed by atoms with Crippen molar-refractivity contribution in [1.82, 2.24) is 10.6 Å². The lowest BCUT2D eigenvalue weighted by Gasteiger charge is -2.26. The molecule has 1 atom stereocenters. The second-order valence-electron chi connectivity index (χ2n) is 16.1. The molecule has 12 nitrogen and oxygen atoms in total. The van der Waals surface area contributed by atoms with Crippen LogP contribution in [0.25, 0.3) is 0 Å². The Morgan fingerprint density at radius 2 is 1.03 bits per heavy atom. The van der Waals surface area contributed by atoms with E-state index < -0.39 is 38.8 Å². The predicted molar refractivity (Wildman–Crippen MR) is 222 cm³/mol. The molecule has 13 heteroatoms. The van der Waals surface area contributed by atoms with Gasteiger partial charge in [0.25, 0.3) is 0 Å². The maximum absolute atomic E-state index is 13.4. The predicted octanol–water partition coefficient (Wildman–Crippen LogP) is 9.39. The van der Waals surface area contributed by atoms with Gasteiger partial charge in [-0.2, -0.15) is 0 Å². The average molecular weight is 817 g/mol. The fourth-order valence-electron chi connectivity index (χ4n) is 5.57. The zero-order chi connectivity index (χ0) is 42.7. The van der Waals surface area contributed by atoms with Crippen molar-refractivity contribution < 1.29 is 46.5 Å². The molecule has 0 bridgehead atoms. The molecule has 58 heavy (non-hydrogen) atoms. The maximum atomic E-state index is 13.4. The van der Waals surface area contributed by atoms with Gasteiger partial charge in [-0.25, -0.2) is 18.0 Å². The van der Waals surface area contributed by atoms with Gasteiger partial charge in [-0.15, -0.1) is 0 Å². The summed E-state index contributed by atoms with van der Waals surface area (Å²) in [6, 6.07) is 26.3. The van der Waals surface area contributed by atoms with E-state index in [-0.39, 0.29) is 34.8 Å². The van der Waals surface area contributed by atoms with E-state index in [0.29, 0.717) is 41.3 Å². The number of hydrogen-bond donors (Lipinski definition) is 2. The molecule has 0 aliphatic carbocycles. The number of alkyl carbamates (subject to hydrolysis) is 2. The van der Waals surface area contributed by atoms with Crippen molar-refractivity contribution >= 4 is 27.8 Å². The summed E-state index contributed by atoms with van der Waals surface area (Å²) in [5, 5.41) is 5.40. The lowest BCUT2D eigenvalue weighted by molar-refractivity contribution is -0.0210. The van der Waals surface area contributed by atoms with Gasteiger partial charge in [0.1, 0.15) is 34.6 Å². The quantitative estimate of drug-likeness (QED) is 0.0778. The summed E-state index contributed by atoms with van der Waals surface area (Å²) in [7, 11) is -3.82. The number of rotatable bonds is 17. The molecular formula is C45H56N2O10S. The third-order valence-corrected chi connectivity index (χ3v) is 10.4. The van der Waals surface area contributed by atoms with Crippen LogP contribution in [0.15, 0.2) is 107 Å². The summed E-state index contributed by atoms with van der Waals surface area (Å²) >= 11 is 0. The number of benzene rings is 4. The zero-order valence-electron chi connectivity index (χ0n) is 34.8. The van der Waals surface area contributed by atoms with Gasteiger partial charge in [0, 0.05) is 30.6 Å². The van der Waals surface area contributed by atoms with E-state index in [1.165, 1.54) is 12.1 Å². The number of carbonyl (C=O) groups is 3. The van der Waals surface area contributed by atoms with Gasteiger partial charge in [-0.1, -0.05) is 19.1 Å². The highest BCUT2D eigenvalue weighted by Gasteiger charge is 2.24. The minimum Gasteiger partial charge on any atom is -0.490 e. The second kappa shape index (κ2) is 19.4. The summed E-state index contributed by atoms with van der Waals surface area (Å²) < 4.78 is 55.4. The van der Waals surface area contributed by atoms with E-state index in [0.717, 1.165) is 12.0 Å². The minimum atomic E-state index is -3.82. The van der Waals surface area contributed by atoms with Gasteiger partial charge in [0.2, 0.25) is 9.84 Å². The topological polar surface area (TPSA) is 156 Å². The van der Waals surface area contributed by atoms with E-state index in [2.05, 4.69) is 10.6 Å². The lowest BCUT2D eigenvalue weighted by Crippen LogP contribution is -2.35. The minimum absolute atomic E-state index is 0.106. The van der Waals surface area contributed by atoms with Crippen LogP contribution >= 0.6 is 0 Å². The van der Waals surface area contributed by atoms with Crippen LogP contribution in [0.3, 0.4) is 0 Å². The fourth-order valence-corrected chi connectivity index (χ4v) is 6.83. The van der Waals surface area contributed by atoms with E-state index in [1.54, 1.807) is 106 Å². The van der Waals surface area contributed by atoms with Crippen molar-refractivity contribution in [2.24, 2.45) is 0 Å². The van der Waals surface area contributed by atoms with Gasteiger partial charge >= 0.3 is 12.2 Å². The smallest absolute Gasteiger partial charge is 0.407 e. The van der Waals surface area contributed by atoms with E-state index in [1.807, 2.05) is 41.5 Å². The molecule has 4 rings (SSSR count). The Balaban J connectivity index is 1.28. The normalized spacial score (nSPS) is 12.6. The Bertz CT molecular complexity index is 2080. The van der Waals surface area contributed by atoms with Crippen LogP contribution in [0.2, 0.25) is 0 Å². The Hall–Kier alpha value is -5.40. The largest absolute Gasteiger partial charge is 0.490 e. The summed E-state index contributed by atoms with van der Waals surface area (Å²) in [5.41, 5.74) is -0.168. The molecule has 0 saturated carbocycles. The first-order valence-electron chi connectivity index (χ1n) is 19.3. The number of sulfone groups is 1. The standard InChI is InChI=1S/C45H56N2O10S/c1-10-34(27-28-46-41(49)56-43(2,3)4)54-35-17-11-31(12-18-35)40(48)32-13-19-36(20-14-32)55-37-21-25-39(26-22-37)58(51,52)38-23-15-33(16-24-38)45(8,9)53-30-29-47-42(50)57-44(5,6)7/h11-26,34H,10,27-30H2,1-9H3,(H,46,49)(H,47,50). The van der Waals surface area contributed by atoms with Gasteiger partial charge in [0.15, 0.2) is 5.78 Å². The molecule has 0 heterocycles. The molecule has 2 amide bonds. The molecular weight excluding hydrogens is 761 g/mol. The van der Waals surface area contributed by atoms with Crippen LogP contribution in [0.1, 0.15) is 96.6 Å². The Morgan fingerprint density at radius 3 is 1.50 bits per heavy atom. The number of amides is 2. The van der Waals surface area contributed by atoms with Crippen molar-refractivity contribution in [2.45, 2.75) is 108 Å². The van der Waals surface area contributed by atoms with Gasteiger partial charge in [-0.3, -0.25) is 4.79 Å². The lowest BCUT2D eigenvalue weighted by atomic mass is 9.98. The van der Waals surface area contributed by atoms with Crippen molar-refractivity contribution in [3.8, 4) is 17.2 Å². The van der Waals surface area contributed by atoms with Gasteiger partial charge in [-0.05, 0) is 152 Å². The van der Waals surface area contributed by atoms with Crippen molar-refractivity contribution in [3.05, 3.63) is 114 Å². The van der Waals surface area contributed by atoms with Gasteiger partial charge < -0.3 is 34.3 Å². The number of ketones is 1. The molecule has 0 aliphatic rings. The Labute approximate surface area is 342 Å². The Kier molecular flexibility index (Phi) is 15.1. The van der Waals surface area contributed by atoms with Crippen LogP contribution in [0, 0.1) is 0 Å². The number of ether oxygens (including phenoxy) is 5. The molecule has 1 unspecified atom stereocenters. The van der Waals surface area contributed by atoms with E-state index >= 15 is 0 Å². The Morgan fingerprint density at radius 1 is 0.603 bits per heavy atom. The van der Waals surface area contributed by atoms with Crippen LogP contribution in [0.4, 0.5) is 9.59 Å². The van der Waals surface area contributed by atoms with Crippen LogP contribution < -0.4 is 20.1 Å². The first-order chi connectivity index (χ1) is 27.1. The maximum Gasteiger partial charge on any atom is 0.407 e. The third-order valence-electron chi connectivity index (χ3n) is 8.59. The molecule has 0 spiro atoms. The number of carbonyl (C=O) groups excluding carboxylic acids is 3. The van der Waals surface area contributed by atoms with E-state index in [9.17, 15) is 22.8 Å². The highest BCUT2D eigenvalue weighted by atomic mass is 32.2. The highest BCUT2D eigenvalue weighted by molar-refractivity contribution is 7.91. The summed E-state index contributed by atoms with van der Waals surface area (Å²) in [4.78, 5) is 37.3. The SMILES string of the molecule is CCC(CCNC(=O)OC(C)(C)C)Oc1ccc(C(=O)c2ccc(Oc3ccc(S(=O)(=O)c4ccc(C(C)(C)OCCNC(=O)OC(C)(C)C)cc4)cc3)cc2)cc1. The second-order valence-corrected chi connectivity index (χ2v) is 18.1. The van der Waals surface area contributed by atoms with E-state index in [4.69, 9.17) is 23.7 Å². The average Bonchev–Trinajstić information content (AvgIpc) is 3.15. The molecule has 0 fully saturated rings. The molecule has 2 N–H and O–H groups in total. The summed E-state index contributed by atoms with van der Waals surface area (Å²) in [6.07, 6.45) is 0.212. The monoisotopic (exact) mass is 816 g/mol. The first kappa shape index (κ1) is 45.3. The first-order valence-corrected chi connectivity index (χ1v) is 20.8. The zero-order valence-corrected chi connectivity index (χ0v) is 35.7. The summed E-state index contributed by atoms with van der Waals surface area (Å²) in [6.45, 7) is 17.4. The van der Waals surface area contributed by atoms with Crippen LogP contribution in [0.5, 0.6) is 17.2 Å².